The third kappa shape index (κ3) is 3.01. The van der Waals surface area contributed by atoms with E-state index in [0.29, 0.717) is 0 Å². The van der Waals surface area contributed by atoms with Crippen molar-refractivity contribution in [2.24, 2.45) is 0 Å². The number of nitrogens with zero attached hydrogens (tertiary/aromatic N) is 2. The van der Waals surface area contributed by atoms with E-state index in [0.717, 1.165) is 42.8 Å². The predicted molar refractivity (Wildman–Crippen MR) is 79.0 cm³/mol. The van der Waals surface area contributed by atoms with E-state index in [2.05, 4.69) is 50.5 Å². The summed E-state index contributed by atoms with van der Waals surface area (Å²) in [5, 5.41) is 3.35. The van der Waals surface area contributed by atoms with Crippen LogP contribution in [0.25, 0.3) is 0 Å². The van der Waals surface area contributed by atoms with Crippen molar-refractivity contribution >= 4 is 15.9 Å². The summed E-state index contributed by atoms with van der Waals surface area (Å²) >= 11 is 3.57. The average molecular weight is 318 g/mol. The van der Waals surface area contributed by atoms with Crippen molar-refractivity contribution in [2.45, 2.75) is 25.8 Å². The molecule has 0 spiro atoms. The molecule has 4 heteroatoms. The molecule has 0 atom stereocenters. The fourth-order valence-corrected chi connectivity index (χ4v) is 2.94. The molecule has 98 valence electrons. The number of nitrogens with one attached hydrogen (secondary N) is 1. The number of rotatable bonds is 3. The van der Waals surface area contributed by atoms with Crippen LogP contribution < -0.4 is 5.32 Å². The lowest BCUT2D eigenvalue weighted by molar-refractivity contribution is 0.615. The number of aromatic nitrogens is 2. The first-order valence-electron chi connectivity index (χ1n) is 6.62. The molecule has 2 aromatic rings. The van der Waals surface area contributed by atoms with Gasteiger partial charge < -0.3 is 5.32 Å². The van der Waals surface area contributed by atoms with Crippen LogP contribution in [0.1, 0.15) is 22.6 Å². The third-order valence-electron chi connectivity index (χ3n) is 3.41. The highest BCUT2D eigenvalue weighted by molar-refractivity contribution is 9.10. The molecule has 1 aliphatic rings. The summed E-state index contributed by atoms with van der Waals surface area (Å²) in [4.78, 5) is 9.28. The van der Waals surface area contributed by atoms with Gasteiger partial charge in [-0.3, -0.25) is 0 Å². The van der Waals surface area contributed by atoms with Gasteiger partial charge in [-0.05, 0) is 27.9 Å². The molecule has 0 fully saturated rings. The number of halogens is 1. The highest BCUT2D eigenvalue weighted by atomic mass is 79.9. The number of aryl methyl sites for hydroxylation is 2. The Balaban J connectivity index is 1.76. The van der Waals surface area contributed by atoms with E-state index in [9.17, 15) is 0 Å². The van der Waals surface area contributed by atoms with Gasteiger partial charge in [-0.2, -0.15) is 0 Å². The molecule has 1 N–H and O–H groups in total. The summed E-state index contributed by atoms with van der Waals surface area (Å²) in [5.74, 6) is 0.941. The minimum Gasteiger partial charge on any atom is -0.312 e. The van der Waals surface area contributed by atoms with Gasteiger partial charge in [-0.1, -0.05) is 30.3 Å². The van der Waals surface area contributed by atoms with Gasteiger partial charge in [-0.25, -0.2) is 9.97 Å². The lowest BCUT2D eigenvalue weighted by atomic mass is 10.1. The molecule has 3 nitrogen and oxygen atoms in total. The van der Waals surface area contributed by atoms with Gasteiger partial charge in [0.2, 0.25) is 0 Å². The van der Waals surface area contributed by atoms with E-state index in [-0.39, 0.29) is 0 Å². The van der Waals surface area contributed by atoms with Gasteiger partial charge in [0.15, 0.2) is 0 Å². The summed E-state index contributed by atoms with van der Waals surface area (Å²) in [7, 11) is 0. The summed E-state index contributed by atoms with van der Waals surface area (Å²) in [5.41, 5.74) is 3.75. The summed E-state index contributed by atoms with van der Waals surface area (Å²) < 4.78 is 0.952. The second-order valence-electron chi connectivity index (χ2n) is 4.77. The van der Waals surface area contributed by atoms with E-state index in [4.69, 9.17) is 4.98 Å². The Bertz CT molecular complexity index is 569. The van der Waals surface area contributed by atoms with E-state index in [1.54, 1.807) is 0 Å². The second kappa shape index (κ2) is 5.80. The van der Waals surface area contributed by atoms with Gasteiger partial charge in [0.25, 0.3) is 0 Å². The Labute approximate surface area is 121 Å². The largest absolute Gasteiger partial charge is 0.312 e. The van der Waals surface area contributed by atoms with Crippen molar-refractivity contribution < 1.29 is 0 Å². The van der Waals surface area contributed by atoms with Gasteiger partial charge in [0.1, 0.15) is 10.4 Å². The first-order chi connectivity index (χ1) is 9.33. The van der Waals surface area contributed by atoms with E-state index >= 15 is 0 Å². The Hall–Kier alpha value is -1.26. The third-order valence-corrected chi connectivity index (χ3v) is 4.06. The second-order valence-corrected chi connectivity index (χ2v) is 5.52. The molecule has 0 saturated heterocycles. The summed E-state index contributed by atoms with van der Waals surface area (Å²) in [6.45, 7) is 1.88. The molecule has 0 aliphatic carbocycles. The molecule has 2 heterocycles. The maximum Gasteiger partial charge on any atom is 0.130 e. The van der Waals surface area contributed by atoms with Crippen LogP contribution >= 0.6 is 15.9 Å². The van der Waals surface area contributed by atoms with Crippen molar-refractivity contribution in [1.29, 1.82) is 0 Å². The normalized spacial score (nSPS) is 14.2. The van der Waals surface area contributed by atoms with Crippen LogP contribution in [0, 0.1) is 0 Å². The van der Waals surface area contributed by atoms with Crippen molar-refractivity contribution in [2.75, 3.05) is 6.54 Å². The molecule has 0 amide bonds. The van der Waals surface area contributed by atoms with E-state index < -0.39 is 0 Å². The zero-order chi connectivity index (χ0) is 13.1. The maximum absolute atomic E-state index is 4.71. The minimum atomic E-state index is 0.870. The molecule has 0 saturated carbocycles. The first kappa shape index (κ1) is 12.8. The molecule has 1 aromatic carbocycles. The van der Waals surface area contributed by atoms with Crippen LogP contribution in [-0.2, 0) is 25.8 Å². The number of fused-ring (bicyclic) bond motifs is 1. The van der Waals surface area contributed by atoms with Gasteiger partial charge in [0, 0.05) is 31.5 Å². The van der Waals surface area contributed by atoms with Crippen LogP contribution in [0.15, 0.2) is 34.9 Å². The molecule has 0 radical (unpaired) electrons. The molecule has 19 heavy (non-hydrogen) atoms. The minimum absolute atomic E-state index is 0.870. The van der Waals surface area contributed by atoms with Crippen LogP contribution in [0.4, 0.5) is 0 Å². The average Bonchev–Trinajstić information content (AvgIpc) is 2.46. The van der Waals surface area contributed by atoms with E-state index in [1.165, 1.54) is 16.8 Å². The Morgan fingerprint density at radius 1 is 1.11 bits per heavy atom. The molecule has 1 aromatic heterocycles. The van der Waals surface area contributed by atoms with Crippen molar-refractivity contribution in [1.82, 2.24) is 15.3 Å². The number of hydrogen-bond donors (Lipinski definition) is 1. The zero-order valence-electron chi connectivity index (χ0n) is 10.7. The topological polar surface area (TPSA) is 37.8 Å². The Morgan fingerprint density at radius 2 is 1.95 bits per heavy atom. The number of hydrogen-bond acceptors (Lipinski definition) is 3. The van der Waals surface area contributed by atoms with Gasteiger partial charge in [0.05, 0.1) is 5.69 Å². The molecule has 1 aliphatic heterocycles. The smallest absolute Gasteiger partial charge is 0.130 e. The highest BCUT2D eigenvalue weighted by Crippen LogP contribution is 2.20. The van der Waals surface area contributed by atoms with Crippen molar-refractivity contribution in [3.63, 3.8) is 0 Å². The van der Waals surface area contributed by atoms with Gasteiger partial charge >= 0.3 is 0 Å². The lowest BCUT2D eigenvalue weighted by Crippen LogP contribution is -2.26. The Morgan fingerprint density at radius 3 is 2.79 bits per heavy atom. The van der Waals surface area contributed by atoms with Crippen LogP contribution in [0.3, 0.4) is 0 Å². The van der Waals surface area contributed by atoms with Crippen LogP contribution in [0.5, 0.6) is 0 Å². The zero-order valence-corrected chi connectivity index (χ0v) is 12.3. The molecule has 0 bridgehead atoms. The van der Waals surface area contributed by atoms with E-state index in [1.807, 2.05) is 6.07 Å². The van der Waals surface area contributed by atoms with Gasteiger partial charge in [-0.15, -0.1) is 0 Å². The molecule has 3 rings (SSSR count). The van der Waals surface area contributed by atoms with Crippen LogP contribution in [0.2, 0.25) is 0 Å². The van der Waals surface area contributed by atoms with Crippen LogP contribution in [-0.4, -0.2) is 16.5 Å². The molecular weight excluding hydrogens is 302 g/mol. The highest BCUT2D eigenvalue weighted by Gasteiger charge is 2.15. The number of benzene rings is 1. The standard InChI is InChI=1S/C15H16BrN3/c16-15-12-10-17-9-8-13(12)18-14(19-15)7-6-11-4-2-1-3-5-11/h1-5,17H,6-10H2. The molecular formula is C15H16BrN3. The monoisotopic (exact) mass is 317 g/mol. The lowest BCUT2D eigenvalue weighted by Gasteiger charge is -2.17. The fraction of sp³-hybridized carbons (Fsp3) is 0.333. The first-order valence-corrected chi connectivity index (χ1v) is 7.41. The summed E-state index contributed by atoms with van der Waals surface area (Å²) in [6, 6.07) is 10.5. The van der Waals surface area contributed by atoms with Crippen molar-refractivity contribution in [3.05, 3.63) is 57.6 Å². The predicted octanol–water partition coefficient (Wildman–Crippen LogP) is 2.67. The fourth-order valence-electron chi connectivity index (χ4n) is 2.36. The quantitative estimate of drug-likeness (QED) is 0.884. The molecule has 0 unspecified atom stereocenters. The Kier molecular flexibility index (Phi) is 3.89. The maximum atomic E-state index is 4.71. The summed E-state index contributed by atoms with van der Waals surface area (Å²) in [6.07, 6.45) is 2.88. The SMILES string of the molecule is Brc1nc(CCc2ccccc2)nc2c1CNCC2. The van der Waals surface area contributed by atoms with Crippen molar-refractivity contribution in [3.8, 4) is 0 Å².